The molecule has 0 aliphatic carbocycles. The van der Waals surface area contributed by atoms with Crippen LogP contribution in [0.4, 0.5) is 0 Å². The minimum atomic E-state index is -0.285. The molecule has 8 heteroatoms. The van der Waals surface area contributed by atoms with Crippen molar-refractivity contribution < 1.29 is 9.53 Å². The summed E-state index contributed by atoms with van der Waals surface area (Å²) in [7, 11) is 0. The van der Waals surface area contributed by atoms with Crippen LogP contribution >= 0.6 is 11.8 Å². The normalized spacial score (nSPS) is 15.6. The lowest BCUT2D eigenvalue weighted by molar-refractivity contribution is -0.119. The van der Waals surface area contributed by atoms with Gasteiger partial charge in [-0.3, -0.25) is 19.1 Å². The molecule has 0 saturated carbocycles. The van der Waals surface area contributed by atoms with Crippen LogP contribution in [-0.4, -0.2) is 64.5 Å². The van der Waals surface area contributed by atoms with Gasteiger partial charge in [0.25, 0.3) is 5.56 Å². The quantitative estimate of drug-likeness (QED) is 0.548. The van der Waals surface area contributed by atoms with Crippen LogP contribution in [0.2, 0.25) is 0 Å². The number of rotatable bonds is 7. The first-order valence-corrected chi connectivity index (χ1v) is 11.1. The molecule has 1 fully saturated rings. The van der Waals surface area contributed by atoms with Crippen LogP contribution < -0.4 is 10.9 Å². The highest BCUT2D eigenvalue weighted by atomic mass is 32.2. The zero-order valence-electron chi connectivity index (χ0n) is 17.4. The largest absolute Gasteiger partial charge is 0.379 e. The van der Waals surface area contributed by atoms with Gasteiger partial charge in [-0.25, -0.2) is 4.98 Å². The molecule has 158 valence electrons. The second-order valence-electron chi connectivity index (χ2n) is 8.26. The molecule has 1 aromatic heterocycles. The summed E-state index contributed by atoms with van der Waals surface area (Å²) in [5.74, 6) is 0.163. The van der Waals surface area contributed by atoms with E-state index < -0.39 is 0 Å². The number of benzene rings is 1. The number of fused-ring (bicyclic) bond motifs is 1. The Morgan fingerprint density at radius 1 is 1.21 bits per heavy atom. The summed E-state index contributed by atoms with van der Waals surface area (Å²) in [6.07, 6.45) is 0.849. The van der Waals surface area contributed by atoms with Gasteiger partial charge in [0.1, 0.15) is 0 Å². The van der Waals surface area contributed by atoms with Crippen molar-refractivity contribution in [1.29, 1.82) is 0 Å². The van der Waals surface area contributed by atoms with Gasteiger partial charge in [-0.05, 0) is 39.3 Å². The van der Waals surface area contributed by atoms with Crippen LogP contribution in [0.3, 0.4) is 0 Å². The van der Waals surface area contributed by atoms with Crippen LogP contribution in [0.25, 0.3) is 10.9 Å². The maximum Gasteiger partial charge on any atom is 0.262 e. The maximum absolute atomic E-state index is 13.1. The molecule has 29 heavy (non-hydrogen) atoms. The molecular formula is C21H30N4O3S. The Balaban J connectivity index is 1.75. The Hall–Kier alpha value is -1.90. The highest BCUT2D eigenvalue weighted by Gasteiger charge is 2.17. The number of morpholine rings is 1. The van der Waals surface area contributed by atoms with Crippen molar-refractivity contribution in [2.24, 2.45) is 0 Å². The molecule has 2 heterocycles. The number of thioether (sulfide) groups is 1. The molecule has 2 aromatic rings. The summed E-state index contributed by atoms with van der Waals surface area (Å²) in [5.41, 5.74) is 0.337. The van der Waals surface area contributed by atoms with Gasteiger partial charge in [0.2, 0.25) is 5.91 Å². The summed E-state index contributed by atoms with van der Waals surface area (Å²) in [6, 6.07) is 7.38. The first-order chi connectivity index (χ1) is 13.8. The minimum absolute atomic E-state index is 0.0451. The third-order valence-corrected chi connectivity index (χ3v) is 5.61. The lowest BCUT2D eigenvalue weighted by Crippen LogP contribution is -2.41. The highest BCUT2D eigenvalue weighted by Crippen LogP contribution is 2.18. The molecule has 0 bridgehead atoms. The van der Waals surface area contributed by atoms with E-state index in [9.17, 15) is 9.59 Å². The van der Waals surface area contributed by atoms with E-state index in [0.29, 0.717) is 22.6 Å². The topological polar surface area (TPSA) is 76.5 Å². The zero-order chi connectivity index (χ0) is 20.9. The molecule has 0 unspecified atom stereocenters. The Morgan fingerprint density at radius 2 is 1.93 bits per heavy atom. The molecule has 0 radical (unpaired) electrons. The number of hydrogen-bond donors (Lipinski definition) is 1. The zero-order valence-corrected chi connectivity index (χ0v) is 18.3. The lowest BCUT2D eigenvalue weighted by atomic mass is 10.1. The molecule has 0 atom stereocenters. The minimum Gasteiger partial charge on any atom is -0.379 e. The third-order valence-electron chi connectivity index (χ3n) is 4.63. The molecule has 1 aliphatic heterocycles. The molecule has 1 N–H and O–H groups in total. The standard InChI is InChI=1S/C21H30N4O3S/c1-21(2,3)23-18(26)15-29-20-22-17-8-5-4-7-16(17)19(27)25(20)10-6-9-24-11-13-28-14-12-24/h4-5,7-8H,6,9-15H2,1-3H3,(H,23,26). The molecule has 3 rings (SSSR count). The second-order valence-corrected chi connectivity index (χ2v) is 9.21. The summed E-state index contributed by atoms with van der Waals surface area (Å²) < 4.78 is 7.11. The Morgan fingerprint density at radius 3 is 2.66 bits per heavy atom. The third kappa shape index (κ3) is 6.29. The fourth-order valence-electron chi connectivity index (χ4n) is 3.32. The van der Waals surface area contributed by atoms with Crippen LogP contribution in [0.15, 0.2) is 34.2 Å². The Labute approximate surface area is 175 Å². The van der Waals surface area contributed by atoms with E-state index >= 15 is 0 Å². The number of para-hydroxylation sites is 1. The number of nitrogens with one attached hydrogen (secondary N) is 1. The molecule has 1 aliphatic rings. The number of carbonyl (C=O) groups is 1. The molecule has 7 nitrogen and oxygen atoms in total. The van der Waals surface area contributed by atoms with E-state index in [1.165, 1.54) is 11.8 Å². The van der Waals surface area contributed by atoms with Crippen LogP contribution in [0.5, 0.6) is 0 Å². The van der Waals surface area contributed by atoms with E-state index in [0.717, 1.165) is 39.3 Å². The summed E-state index contributed by atoms with van der Waals surface area (Å²) >= 11 is 1.32. The number of nitrogens with zero attached hydrogens (tertiary/aromatic N) is 3. The highest BCUT2D eigenvalue weighted by molar-refractivity contribution is 7.99. The molecule has 1 aromatic carbocycles. The van der Waals surface area contributed by atoms with Crippen LogP contribution in [0.1, 0.15) is 27.2 Å². The number of hydrogen-bond acceptors (Lipinski definition) is 6. The van der Waals surface area contributed by atoms with Crippen molar-refractivity contribution in [3.05, 3.63) is 34.6 Å². The fourth-order valence-corrected chi connectivity index (χ4v) is 4.14. The van der Waals surface area contributed by atoms with Crippen molar-refractivity contribution in [3.63, 3.8) is 0 Å². The first kappa shape index (κ1) is 21.8. The first-order valence-electron chi connectivity index (χ1n) is 10.1. The number of aromatic nitrogens is 2. The number of carbonyl (C=O) groups excluding carboxylic acids is 1. The van der Waals surface area contributed by atoms with Crippen molar-refractivity contribution in [2.75, 3.05) is 38.6 Å². The molecule has 1 saturated heterocycles. The smallest absolute Gasteiger partial charge is 0.262 e. The van der Waals surface area contributed by atoms with Crippen molar-refractivity contribution in [1.82, 2.24) is 19.8 Å². The van der Waals surface area contributed by atoms with Crippen molar-refractivity contribution >= 4 is 28.6 Å². The van der Waals surface area contributed by atoms with Gasteiger partial charge >= 0.3 is 0 Å². The van der Waals surface area contributed by atoms with Gasteiger partial charge in [0, 0.05) is 31.7 Å². The van der Waals surface area contributed by atoms with E-state index in [4.69, 9.17) is 4.74 Å². The Bertz CT molecular complexity index is 901. The summed E-state index contributed by atoms with van der Waals surface area (Å²) in [5, 5.41) is 4.16. The molecule has 0 spiro atoms. The maximum atomic E-state index is 13.1. The van der Waals surface area contributed by atoms with Crippen LogP contribution in [-0.2, 0) is 16.1 Å². The van der Waals surface area contributed by atoms with Crippen LogP contribution in [0, 0.1) is 0 Å². The van der Waals surface area contributed by atoms with Crippen molar-refractivity contribution in [2.45, 2.75) is 44.4 Å². The van der Waals surface area contributed by atoms with E-state index in [2.05, 4.69) is 15.2 Å². The van der Waals surface area contributed by atoms with Gasteiger partial charge in [-0.1, -0.05) is 23.9 Å². The van der Waals surface area contributed by atoms with Gasteiger partial charge in [-0.2, -0.15) is 0 Å². The number of ether oxygens (including phenoxy) is 1. The monoisotopic (exact) mass is 418 g/mol. The number of amides is 1. The Kier molecular flexibility index (Phi) is 7.32. The van der Waals surface area contributed by atoms with Gasteiger partial charge in [-0.15, -0.1) is 0 Å². The van der Waals surface area contributed by atoms with Crippen molar-refractivity contribution in [3.8, 4) is 0 Å². The lowest BCUT2D eigenvalue weighted by Gasteiger charge is -2.26. The average Bonchev–Trinajstić information content (AvgIpc) is 2.68. The van der Waals surface area contributed by atoms with Gasteiger partial charge < -0.3 is 10.1 Å². The van der Waals surface area contributed by atoms with E-state index in [-0.39, 0.29) is 22.8 Å². The fraction of sp³-hybridized carbons (Fsp3) is 0.571. The SMILES string of the molecule is CC(C)(C)NC(=O)CSc1nc2ccccc2c(=O)n1CCCN1CCOCC1. The van der Waals surface area contributed by atoms with E-state index in [1.807, 2.05) is 45.0 Å². The molecule has 1 amide bonds. The second kappa shape index (κ2) is 9.73. The van der Waals surface area contributed by atoms with E-state index in [1.54, 1.807) is 4.57 Å². The predicted octanol–water partition coefficient (Wildman–Crippen LogP) is 2.13. The molecular weight excluding hydrogens is 388 g/mol. The van der Waals surface area contributed by atoms with Gasteiger partial charge in [0.15, 0.2) is 5.16 Å². The predicted molar refractivity (Wildman–Crippen MR) is 116 cm³/mol. The summed E-state index contributed by atoms with van der Waals surface area (Å²) in [6.45, 7) is 10.7. The average molecular weight is 419 g/mol. The van der Waals surface area contributed by atoms with Gasteiger partial charge in [0.05, 0.1) is 29.9 Å². The summed E-state index contributed by atoms with van der Waals surface area (Å²) in [4.78, 5) is 32.4.